The molecule has 1 rings (SSSR count). The molecule has 0 aliphatic heterocycles. The molecule has 0 bridgehead atoms. The van der Waals surface area contributed by atoms with E-state index in [1.807, 2.05) is 6.92 Å². The summed E-state index contributed by atoms with van der Waals surface area (Å²) in [4.78, 5) is 0. The Morgan fingerprint density at radius 3 is 2.00 bits per heavy atom. The van der Waals surface area contributed by atoms with E-state index in [2.05, 4.69) is 19.6 Å². The first-order valence-electron chi connectivity index (χ1n) is 4.32. The third kappa shape index (κ3) is 4.39. The molecule has 0 aromatic heterocycles. The molecule has 0 atom stereocenters. The minimum Gasteiger partial charge on any atom is -0.391 e. The van der Waals surface area contributed by atoms with Crippen LogP contribution in [0.1, 0.15) is 19.8 Å². The Morgan fingerprint density at radius 2 is 1.75 bits per heavy atom. The van der Waals surface area contributed by atoms with Gasteiger partial charge < -0.3 is 9.16 Å². The normalized spacial score (nSPS) is 20.0. The van der Waals surface area contributed by atoms with Gasteiger partial charge in [-0.15, -0.1) is 0 Å². The third-order valence-electron chi connectivity index (χ3n) is 1.56. The molecule has 0 aromatic carbocycles. The van der Waals surface area contributed by atoms with Crippen LogP contribution in [0.5, 0.6) is 0 Å². The van der Waals surface area contributed by atoms with E-state index in [-0.39, 0.29) is 35.3 Å². The maximum Gasteiger partial charge on any atom is 0.187 e. The van der Waals surface area contributed by atoms with Gasteiger partial charge in [-0.3, -0.25) is 0 Å². The molecule has 0 saturated heterocycles. The molecule has 67 valence electrons. The van der Waals surface area contributed by atoms with Crippen LogP contribution in [-0.4, -0.2) is 50.3 Å². The van der Waals surface area contributed by atoms with E-state index in [0.29, 0.717) is 0 Å². The largest absolute Gasteiger partial charge is 0.391 e. The Labute approximate surface area is 98.4 Å². The van der Waals surface area contributed by atoms with Crippen molar-refractivity contribution in [2.45, 2.75) is 45.2 Å². The van der Waals surface area contributed by atoms with E-state index in [1.54, 1.807) is 0 Å². The van der Waals surface area contributed by atoms with Crippen molar-refractivity contribution in [3.05, 3.63) is 0 Å². The molecule has 0 N–H and O–H groups in total. The summed E-state index contributed by atoms with van der Waals surface area (Å²) in [5, 5.41) is 0. The average Bonchev–Trinajstić information content (AvgIpc) is 2.44. The second-order valence-corrected chi connectivity index (χ2v) is 8.49. The van der Waals surface area contributed by atoms with Gasteiger partial charge in [-0.05, 0) is 26.6 Å². The van der Waals surface area contributed by atoms with Crippen LogP contribution in [0.15, 0.2) is 0 Å². The Balaban J connectivity index is 0.00000121. The molecule has 0 amide bonds. The van der Waals surface area contributed by atoms with E-state index in [0.717, 1.165) is 19.4 Å². The predicted molar refractivity (Wildman–Crippen MR) is 53.8 cm³/mol. The minimum atomic E-state index is -1.39. The van der Waals surface area contributed by atoms with Crippen LogP contribution in [0, 0.1) is 0 Å². The van der Waals surface area contributed by atoms with Gasteiger partial charge in [0.05, 0.1) is 0 Å². The second kappa shape index (κ2) is 4.58. The van der Waals surface area contributed by atoms with Crippen molar-refractivity contribution in [1.29, 1.82) is 0 Å². The van der Waals surface area contributed by atoms with Gasteiger partial charge >= 0.3 is 0 Å². The molecule has 0 aromatic rings. The SMILES string of the molecule is CCOC1(O[Si](C)(C)C)CC1.[Na]. The minimum absolute atomic E-state index is 0. The van der Waals surface area contributed by atoms with Crippen LogP contribution >= 0.6 is 0 Å². The summed E-state index contributed by atoms with van der Waals surface area (Å²) in [5.41, 5.74) is 0. The quantitative estimate of drug-likeness (QED) is 0.507. The third-order valence-corrected chi connectivity index (χ3v) is 2.54. The Kier molecular flexibility index (Phi) is 5.01. The zero-order valence-electron chi connectivity index (χ0n) is 8.94. The van der Waals surface area contributed by atoms with Gasteiger partial charge in [-0.25, -0.2) is 0 Å². The zero-order valence-corrected chi connectivity index (χ0v) is 11.9. The molecule has 0 spiro atoms. The first-order valence-corrected chi connectivity index (χ1v) is 7.72. The molecule has 1 aliphatic carbocycles. The van der Waals surface area contributed by atoms with Crippen molar-refractivity contribution in [3.63, 3.8) is 0 Å². The van der Waals surface area contributed by atoms with Gasteiger partial charge in [-0.2, -0.15) is 0 Å². The molecule has 0 heterocycles. The smallest absolute Gasteiger partial charge is 0.187 e. The number of ether oxygens (including phenoxy) is 1. The van der Waals surface area contributed by atoms with Crippen LogP contribution in [0.4, 0.5) is 0 Å². The van der Waals surface area contributed by atoms with Crippen molar-refractivity contribution in [1.82, 2.24) is 0 Å². The monoisotopic (exact) mass is 197 g/mol. The topological polar surface area (TPSA) is 18.5 Å². The molecule has 12 heavy (non-hydrogen) atoms. The summed E-state index contributed by atoms with van der Waals surface area (Å²) < 4.78 is 11.4. The average molecular weight is 197 g/mol. The number of rotatable bonds is 4. The van der Waals surface area contributed by atoms with Crippen LogP contribution < -0.4 is 0 Å². The summed E-state index contributed by atoms with van der Waals surface area (Å²) in [6, 6.07) is 0. The molecule has 1 aliphatic rings. The van der Waals surface area contributed by atoms with Crippen LogP contribution in [0.2, 0.25) is 19.6 Å². The fourth-order valence-corrected chi connectivity index (χ4v) is 2.58. The second-order valence-electron chi connectivity index (χ2n) is 4.06. The number of hydrogen-bond acceptors (Lipinski definition) is 2. The summed E-state index contributed by atoms with van der Waals surface area (Å²) in [5.74, 6) is -0.154. The van der Waals surface area contributed by atoms with Crippen molar-refractivity contribution < 1.29 is 9.16 Å². The van der Waals surface area contributed by atoms with Gasteiger partial charge in [0.1, 0.15) is 0 Å². The first-order chi connectivity index (χ1) is 4.97. The maximum absolute atomic E-state index is 5.89. The summed E-state index contributed by atoms with van der Waals surface area (Å²) in [6.07, 6.45) is 2.18. The molecular formula is C8H18NaO2Si. The maximum atomic E-state index is 5.89. The van der Waals surface area contributed by atoms with Crippen molar-refractivity contribution in [2.24, 2.45) is 0 Å². The summed E-state index contributed by atoms with van der Waals surface area (Å²) in [7, 11) is -1.39. The fourth-order valence-electron chi connectivity index (χ4n) is 1.20. The molecule has 4 heteroatoms. The van der Waals surface area contributed by atoms with Crippen LogP contribution in [0.3, 0.4) is 0 Å². The molecule has 0 unspecified atom stereocenters. The molecule has 1 radical (unpaired) electrons. The van der Waals surface area contributed by atoms with E-state index < -0.39 is 8.32 Å². The summed E-state index contributed by atoms with van der Waals surface area (Å²) in [6.45, 7) is 9.39. The van der Waals surface area contributed by atoms with Gasteiger partial charge in [0.15, 0.2) is 14.1 Å². The van der Waals surface area contributed by atoms with Crippen LogP contribution in [-0.2, 0) is 9.16 Å². The van der Waals surface area contributed by atoms with E-state index in [1.165, 1.54) is 0 Å². The first kappa shape index (κ1) is 13.1. The Morgan fingerprint density at radius 1 is 1.25 bits per heavy atom. The van der Waals surface area contributed by atoms with E-state index >= 15 is 0 Å². The van der Waals surface area contributed by atoms with E-state index in [4.69, 9.17) is 9.16 Å². The molecule has 1 saturated carbocycles. The van der Waals surface area contributed by atoms with Gasteiger partial charge in [-0.1, -0.05) is 0 Å². The molecule has 2 nitrogen and oxygen atoms in total. The van der Waals surface area contributed by atoms with Crippen molar-refractivity contribution in [3.8, 4) is 0 Å². The van der Waals surface area contributed by atoms with Crippen molar-refractivity contribution in [2.75, 3.05) is 6.61 Å². The van der Waals surface area contributed by atoms with Gasteiger partial charge in [0.25, 0.3) is 0 Å². The van der Waals surface area contributed by atoms with Crippen LogP contribution in [0.25, 0.3) is 0 Å². The molecule has 1 fully saturated rings. The van der Waals surface area contributed by atoms with Crippen molar-refractivity contribution >= 4 is 37.9 Å². The van der Waals surface area contributed by atoms with Gasteiger partial charge in [0.2, 0.25) is 0 Å². The fraction of sp³-hybridized carbons (Fsp3) is 1.00. The zero-order chi connectivity index (χ0) is 8.54. The van der Waals surface area contributed by atoms with Gasteiger partial charge in [0, 0.05) is 49.0 Å². The Bertz CT molecular complexity index is 140. The predicted octanol–water partition coefficient (Wildman–Crippen LogP) is 1.98. The summed E-state index contributed by atoms with van der Waals surface area (Å²) >= 11 is 0. The number of hydrogen-bond donors (Lipinski definition) is 0. The molecular weight excluding hydrogens is 179 g/mol. The Hall–Kier alpha value is 1.14. The standard InChI is InChI=1S/C8H18O2Si.Na/c1-5-9-8(6-7-8)10-11(2,3)4;/h5-7H2,1-4H3;. The van der Waals surface area contributed by atoms with E-state index in [9.17, 15) is 0 Å².